The van der Waals surface area contributed by atoms with E-state index in [4.69, 9.17) is 23.2 Å². The van der Waals surface area contributed by atoms with E-state index in [2.05, 4.69) is 4.98 Å². The van der Waals surface area contributed by atoms with Crippen molar-refractivity contribution in [1.82, 2.24) is 4.98 Å². The molecule has 0 atom stereocenters. The molecule has 5 heteroatoms. The van der Waals surface area contributed by atoms with E-state index in [0.29, 0.717) is 32.1 Å². The van der Waals surface area contributed by atoms with Crippen molar-refractivity contribution in [2.24, 2.45) is 0 Å². The molecule has 3 aromatic rings. The van der Waals surface area contributed by atoms with Crippen molar-refractivity contribution in [2.75, 3.05) is 0 Å². The molecule has 3 nitrogen and oxygen atoms in total. The van der Waals surface area contributed by atoms with Gasteiger partial charge in [0, 0.05) is 32.1 Å². The second kappa shape index (κ2) is 4.85. The van der Waals surface area contributed by atoms with Crippen LogP contribution in [-0.4, -0.2) is 10.1 Å². The van der Waals surface area contributed by atoms with Crippen molar-refractivity contribution < 1.29 is 5.11 Å². The highest BCUT2D eigenvalue weighted by Crippen LogP contribution is 2.37. The van der Waals surface area contributed by atoms with Crippen LogP contribution in [0.2, 0.25) is 10.0 Å². The first-order valence-electron chi connectivity index (χ1n) is 5.87. The topological polar surface area (TPSA) is 53.1 Å². The molecule has 3 rings (SSSR count). The Labute approximate surface area is 124 Å². The summed E-state index contributed by atoms with van der Waals surface area (Å²) in [6.07, 6.45) is 0. The van der Waals surface area contributed by atoms with Gasteiger partial charge in [-0.05, 0) is 24.3 Å². The fraction of sp³-hybridized carbons (Fsp3) is 0. The van der Waals surface area contributed by atoms with Crippen LogP contribution in [0.15, 0.2) is 47.3 Å². The third kappa shape index (κ3) is 2.05. The molecule has 2 aromatic carbocycles. The average Bonchev–Trinajstić information content (AvgIpc) is 2.42. The summed E-state index contributed by atoms with van der Waals surface area (Å²) in [6, 6.07) is 12.1. The zero-order valence-corrected chi connectivity index (χ0v) is 11.7. The minimum Gasteiger partial charge on any atom is -0.503 e. The molecule has 1 aromatic heterocycles. The van der Waals surface area contributed by atoms with E-state index >= 15 is 0 Å². The molecule has 0 fully saturated rings. The Kier molecular flexibility index (Phi) is 3.16. The van der Waals surface area contributed by atoms with E-state index in [9.17, 15) is 9.90 Å². The van der Waals surface area contributed by atoms with Crippen LogP contribution in [0.1, 0.15) is 0 Å². The van der Waals surface area contributed by atoms with Gasteiger partial charge in [-0.3, -0.25) is 4.79 Å². The van der Waals surface area contributed by atoms with Gasteiger partial charge < -0.3 is 10.1 Å². The van der Waals surface area contributed by atoms with Crippen molar-refractivity contribution in [3.8, 4) is 16.9 Å². The van der Waals surface area contributed by atoms with E-state index in [0.717, 1.165) is 0 Å². The van der Waals surface area contributed by atoms with Gasteiger partial charge in [0.05, 0.1) is 0 Å². The largest absolute Gasteiger partial charge is 0.503 e. The number of pyridine rings is 1. The molecule has 2 N–H and O–H groups in total. The summed E-state index contributed by atoms with van der Waals surface area (Å²) in [6.45, 7) is 0. The molecular weight excluding hydrogens is 297 g/mol. The lowest BCUT2D eigenvalue weighted by Crippen LogP contribution is -2.06. The van der Waals surface area contributed by atoms with Crippen LogP contribution in [0.4, 0.5) is 0 Å². The highest BCUT2D eigenvalue weighted by atomic mass is 35.5. The molecule has 0 saturated carbocycles. The third-order valence-electron chi connectivity index (χ3n) is 3.09. The quantitative estimate of drug-likeness (QED) is 0.707. The molecule has 0 saturated heterocycles. The van der Waals surface area contributed by atoms with Gasteiger partial charge >= 0.3 is 0 Å². The second-order valence-electron chi connectivity index (χ2n) is 4.35. The average molecular weight is 306 g/mol. The van der Waals surface area contributed by atoms with Crippen LogP contribution < -0.4 is 5.56 Å². The zero-order valence-electron chi connectivity index (χ0n) is 10.2. The molecule has 0 aliphatic heterocycles. The second-order valence-corrected chi connectivity index (χ2v) is 5.19. The summed E-state index contributed by atoms with van der Waals surface area (Å²) in [4.78, 5) is 14.4. The van der Waals surface area contributed by atoms with Gasteiger partial charge in [0.15, 0.2) is 5.75 Å². The summed E-state index contributed by atoms with van der Waals surface area (Å²) in [5, 5.41) is 11.7. The molecule has 0 aliphatic carbocycles. The molecule has 0 unspecified atom stereocenters. The van der Waals surface area contributed by atoms with Gasteiger partial charge in [0.25, 0.3) is 5.56 Å². The number of rotatable bonds is 1. The fourth-order valence-electron chi connectivity index (χ4n) is 2.19. The molecule has 0 amide bonds. The van der Waals surface area contributed by atoms with E-state index in [-0.39, 0.29) is 5.75 Å². The normalized spacial score (nSPS) is 10.9. The highest BCUT2D eigenvalue weighted by molar-refractivity contribution is 6.34. The van der Waals surface area contributed by atoms with Gasteiger partial charge in [-0.2, -0.15) is 0 Å². The Morgan fingerprint density at radius 2 is 1.80 bits per heavy atom. The molecular formula is C15H9Cl2NO2. The Bertz CT molecular complexity index is 871. The smallest absolute Gasteiger partial charge is 0.291 e. The predicted molar refractivity (Wildman–Crippen MR) is 81.7 cm³/mol. The van der Waals surface area contributed by atoms with Crippen molar-refractivity contribution in [1.29, 1.82) is 0 Å². The summed E-state index contributed by atoms with van der Waals surface area (Å²) in [5.74, 6) is -0.368. The molecule has 1 heterocycles. The lowest BCUT2D eigenvalue weighted by Gasteiger charge is -2.10. The number of benzene rings is 2. The first kappa shape index (κ1) is 13.0. The van der Waals surface area contributed by atoms with E-state index in [1.165, 1.54) is 0 Å². The monoisotopic (exact) mass is 305 g/mol. The number of hydrogen-bond acceptors (Lipinski definition) is 2. The summed E-state index contributed by atoms with van der Waals surface area (Å²) in [7, 11) is 0. The number of aromatic nitrogens is 1. The highest BCUT2D eigenvalue weighted by Gasteiger charge is 2.16. The predicted octanol–water partition coefficient (Wildman–Crippen LogP) is 4.21. The van der Waals surface area contributed by atoms with Crippen molar-refractivity contribution in [3.63, 3.8) is 0 Å². The molecule has 20 heavy (non-hydrogen) atoms. The fourth-order valence-corrected chi connectivity index (χ4v) is 2.59. The maximum absolute atomic E-state index is 11.8. The first-order chi connectivity index (χ1) is 9.58. The molecule has 0 aliphatic rings. The Morgan fingerprint density at radius 1 is 1.05 bits per heavy atom. The van der Waals surface area contributed by atoms with Gasteiger partial charge in [-0.1, -0.05) is 41.4 Å². The van der Waals surface area contributed by atoms with Gasteiger partial charge in [0.2, 0.25) is 0 Å². The number of hydrogen-bond donors (Lipinski definition) is 2. The Morgan fingerprint density at radius 3 is 2.55 bits per heavy atom. The minimum absolute atomic E-state index is 0.368. The van der Waals surface area contributed by atoms with Gasteiger partial charge in [0.1, 0.15) is 0 Å². The number of nitrogens with one attached hydrogen (secondary N) is 1. The van der Waals surface area contributed by atoms with Crippen LogP contribution in [0.25, 0.3) is 22.0 Å². The molecule has 0 bridgehead atoms. The van der Waals surface area contributed by atoms with Crippen LogP contribution in [0.3, 0.4) is 0 Å². The number of fused-ring (bicyclic) bond motifs is 1. The van der Waals surface area contributed by atoms with Crippen LogP contribution in [0, 0.1) is 0 Å². The minimum atomic E-state index is -0.560. The zero-order chi connectivity index (χ0) is 14.3. The maximum Gasteiger partial charge on any atom is 0.291 e. The Hall–Kier alpha value is -1.97. The van der Waals surface area contributed by atoms with E-state index < -0.39 is 5.56 Å². The molecule has 0 spiro atoms. The van der Waals surface area contributed by atoms with Crippen molar-refractivity contribution in [2.45, 2.75) is 0 Å². The molecule has 100 valence electrons. The summed E-state index contributed by atoms with van der Waals surface area (Å²) >= 11 is 12.2. The summed E-state index contributed by atoms with van der Waals surface area (Å²) < 4.78 is 0. The number of H-pyrrole nitrogens is 1. The Balaban J connectivity index is 2.51. The third-order valence-corrected chi connectivity index (χ3v) is 3.66. The maximum atomic E-state index is 11.8. The van der Waals surface area contributed by atoms with Crippen LogP contribution in [0.5, 0.6) is 5.75 Å². The lowest BCUT2D eigenvalue weighted by molar-refractivity contribution is 0.470. The van der Waals surface area contributed by atoms with Crippen LogP contribution in [-0.2, 0) is 0 Å². The number of halogens is 2. The first-order valence-corrected chi connectivity index (χ1v) is 6.63. The standard InChI is InChI=1S/C15H9Cl2NO2/c16-8-5-6-12-10(7-8)13(14(19)15(20)18-12)9-3-1-2-4-11(9)17/h1-7,19H,(H,18,20). The van der Waals surface area contributed by atoms with E-state index in [1.54, 1.807) is 42.5 Å². The van der Waals surface area contributed by atoms with Gasteiger partial charge in [-0.25, -0.2) is 0 Å². The molecule has 0 radical (unpaired) electrons. The lowest BCUT2D eigenvalue weighted by atomic mass is 10.0. The van der Waals surface area contributed by atoms with E-state index in [1.807, 2.05) is 0 Å². The number of aromatic hydroxyl groups is 1. The summed E-state index contributed by atoms with van der Waals surface area (Å²) in [5.41, 5.74) is 1.00. The van der Waals surface area contributed by atoms with Gasteiger partial charge in [-0.15, -0.1) is 0 Å². The van der Waals surface area contributed by atoms with Crippen LogP contribution >= 0.6 is 23.2 Å². The number of aromatic amines is 1. The SMILES string of the molecule is O=c1[nH]c2ccc(Cl)cc2c(-c2ccccc2Cl)c1O. The van der Waals surface area contributed by atoms with Crippen molar-refractivity contribution in [3.05, 3.63) is 62.9 Å². The van der Waals surface area contributed by atoms with Crippen molar-refractivity contribution >= 4 is 34.1 Å².